The molecule has 2 heterocycles. The lowest BCUT2D eigenvalue weighted by atomic mass is 9.89. The third-order valence-electron chi connectivity index (χ3n) is 5.74. The molecule has 4 rings (SSSR count). The molecule has 8 heteroatoms. The Morgan fingerprint density at radius 1 is 1.10 bits per heavy atom. The van der Waals surface area contributed by atoms with Crippen LogP contribution in [0.5, 0.6) is 0 Å². The van der Waals surface area contributed by atoms with Gasteiger partial charge in [0.2, 0.25) is 5.91 Å². The summed E-state index contributed by atoms with van der Waals surface area (Å²) in [6.07, 6.45) is 7.16. The first-order valence-electron chi connectivity index (χ1n) is 10.1. The fourth-order valence-corrected chi connectivity index (χ4v) is 4.30. The maximum absolute atomic E-state index is 13.7. The van der Waals surface area contributed by atoms with Crippen LogP contribution in [0.15, 0.2) is 42.7 Å². The van der Waals surface area contributed by atoms with Gasteiger partial charge >= 0.3 is 0 Å². The van der Waals surface area contributed by atoms with Gasteiger partial charge in [-0.05, 0) is 55.5 Å². The first kappa shape index (κ1) is 20.4. The van der Waals surface area contributed by atoms with E-state index in [0.717, 1.165) is 37.0 Å². The Hall–Kier alpha value is -2.87. The number of amides is 2. The fraction of sp³-hybridized carbons (Fsp3) is 0.409. The standard InChI is InChI=1S/C22H23F2N3O3/c23-17-10-16(11-18(24)12-17)21(29)27-19(14-30-22(27)6-2-1-3-7-22)20(28)26-13-15-4-8-25-9-5-15/h4-5,8-12,19H,1-3,6-7,13-14H2,(H,26,28)/t19-/m0/s1. The maximum Gasteiger partial charge on any atom is 0.257 e. The van der Waals surface area contributed by atoms with Crippen LogP contribution in [-0.4, -0.2) is 40.1 Å². The van der Waals surface area contributed by atoms with Crippen molar-refractivity contribution in [3.63, 3.8) is 0 Å². The summed E-state index contributed by atoms with van der Waals surface area (Å²) in [6, 6.07) is 5.40. The van der Waals surface area contributed by atoms with Crippen LogP contribution in [0.3, 0.4) is 0 Å². The predicted molar refractivity (Wildman–Crippen MR) is 104 cm³/mol. The molecule has 2 aromatic rings. The molecule has 1 saturated carbocycles. The molecule has 1 aliphatic carbocycles. The van der Waals surface area contributed by atoms with Gasteiger partial charge in [0.25, 0.3) is 5.91 Å². The van der Waals surface area contributed by atoms with Gasteiger partial charge in [-0.15, -0.1) is 0 Å². The molecule has 6 nitrogen and oxygen atoms in total. The van der Waals surface area contributed by atoms with E-state index in [0.29, 0.717) is 18.9 Å². The minimum absolute atomic E-state index is 0.0473. The monoisotopic (exact) mass is 415 g/mol. The van der Waals surface area contributed by atoms with Crippen LogP contribution in [0.4, 0.5) is 8.78 Å². The zero-order chi connectivity index (χ0) is 21.1. The number of ether oxygens (including phenoxy) is 1. The first-order valence-corrected chi connectivity index (χ1v) is 10.1. The Bertz CT molecular complexity index is 912. The topological polar surface area (TPSA) is 71.5 Å². The number of carbonyl (C=O) groups excluding carboxylic acids is 2. The number of carbonyl (C=O) groups is 2. The summed E-state index contributed by atoms with van der Waals surface area (Å²) in [7, 11) is 0. The summed E-state index contributed by atoms with van der Waals surface area (Å²) in [5.41, 5.74) is -0.179. The van der Waals surface area contributed by atoms with E-state index in [1.165, 1.54) is 4.90 Å². The summed E-state index contributed by atoms with van der Waals surface area (Å²) >= 11 is 0. The van der Waals surface area contributed by atoms with Gasteiger partial charge in [0.05, 0.1) is 6.61 Å². The molecular formula is C22H23F2N3O3. The van der Waals surface area contributed by atoms with Crippen molar-refractivity contribution in [3.05, 3.63) is 65.5 Å². The van der Waals surface area contributed by atoms with Gasteiger partial charge in [-0.2, -0.15) is 0 Å². The summed E-state index contributed by atoms with van der Waals surface area (Å²) in [5, 5.41) is 2.83. The van der Waals surface area contributed by atoms with Gasteiger partial charge in [0.15, 0.2) is 0 Å². The van der Waals surface area contributed by atoms with Crippen LogP contribution in [0, 0.1) is 11.6 Å². The molecule has 0 unspecified atom stereocenters. The number of nitrogens with one attached hydrogen (secondary N) is 1. The van der Waals surface area contributed by atoms with E-state index in [4.69, 9.17) is 4.74 Å². The Morgan fingerprint density at radius 2 is 1.77 bits per heavy atom. The predicted octanol–water partition coefficient (Wildman–Crippen LogP) is 3.18. The zero-order valence-corrected chi connectivity index (χ0v) is 16.4. The number of nitrogens with zero attached hydrogens (tertiary/aromatic N) is 2. The van der Waals surface area contributed by atoms with Crippen molar-refractivity contribution in [2.75, 3.05) is 6.61 Å². The number of aromatic nitrogens is 1. The van der Waals surface area contributed by atoms with Crippen molar-refractivity contribution >= 4 is 11.8 Å². The number of hydrogen-bond acceptors (Lipinski definition) is 4. The number of hydrogen-bond donors (Lipinski definition) is 1. The molecule has 30 heavy (non-hydrogen) atoms. The molecular weight excluding hydrogens is 392 g/mol. The largest absolute Gasteiger partial charge is 0.353 e. The van der Waals surface area contributed by atoms with Crippen LogP contribution >= 0.6 is 0 Å². The van der Waals surface area contributed by atoms with Crippen LogP contribution in [-0.2, 0) is 16.1 Å². The van der Waals surface area contributed by atoms with Crippen LogP contribution in [0.25, 0.3) is 0 Å². The highest BCUT2D eigenvalue weighted by Crippen LogP contribution is 2.41. The first-order chi connectivity index (χ1) is 14.5. The van der Waals surface area contributed by atoms with E-state index in [1.54, 1.807) is 24.5 Å². The number of rotatable bonds is 4. The lowest BCUT2D eigenvalue weighted by Crippen LogP contribution is -2.56. The van der Waals surface area contributed by atoms with Crippen molar-refractivity contribution in [3.8, 4) is 0 Å². The highest BCUT2D eigenvalue weighted by Gasteiger charge is 2.53. The van der Waals surface area contributed by atoms with E-state index in [-0.39, 0.29) is 24.6 Å². The minimum Gasteiger partial charge on any atom is -0.353 e. The van der Waals surface area contributed by atoms with Crippen molar-refractivity contribution in [2.24, 2.45) is 0 Å². The highest BCUT2D eigenvalue weighted by atomic mass is 19.1. The molecule has 1 spiro atoms. The molecule has 1 saturated heterocycles. The van der Waals surface area contributed by atoms with Crippen LogP contribution < -0.4 is 5.32 Å². The highest BCUT2D eigenvalue weighted by molar-refractivity contribution is 5.98. The number of benzene rings is 1. The van der Waals surface area contributed by atoms with Crippen molar-refractivity contribution in [1.29, 1.82) is 0 Å². The van der Waals surface area contributed by atoms with Gasteiger partial charge in [-0.25, -0.2) is 8.78 Å². The molecule has 1 aromatic heterocycles. The number of pyridine rings is 1. The Morgan fingerprint density at radius 3 is 2.43 bits per heavy atom. The maximum atomic E-state index is 13.7. The van der Waals surface area contributed by atoms with Gasteiger partial charge in [-0.1, -0.05) is 6.42 Å². The molecule has 2 aliphatic rings. The molecule has 1 atom stereocenters. The molecule has 158 valence electrons. The second-order valence-electron chi connectivity index (χ2n) is 7.74. The molecule has 1 aliphatic heterocycles. The summed E-state index contributed by atoms with van der Waals surface area (Å²) < 4.78 is 33.5. The molecule has 1 N–H and O–H groups in total. The summed E-state index contributed by atoms with van der Waals surface area (Å²) in [5.74, 6) is -2.64. The summed E-state index contributed by atoms with van der Waals surface area (Å²) in [4.78, 5) is 31.7. The minimum atomic E-state index is -0.920. The van der Waals surface area contributed by atoms with E-state index in [2.05, 4.69) is 10.3 Å². The quantitative estimate of drug-likeness (QED) is 0.833. The smallest absolute Gasteiger partial charge is 0.257 e. The molecule has 0 bridgehead atoms. The normalized spacial score (nSPS) is 20.3. The third kappa shape index (κ3) is 4.05. The van der Waals surface area contributed by atoms with Gasteiger partial charge in [0, 0.05) is 30.6 Å². The summed E-state index contributed by atoms with van der Waals surface area (Å²) in [6.45, 7) is 0.327. The van der Waals surface area contributed by atoms with E-state index < -0.39 is 29.3 Å². The van der Waals surface area contributed by atoms with E-state index in [9.17, 15) is 18.4 Å². The average Bonchev–Trinajstić information content (AvgIpc) is 3.10. The lowest BCUT2D eigenvalue weighted by Gasteiger charge is -2.41. The van der Waals surface area contributed by atoms with E-state index >= 15 is 0 Å². The van der Waals surface area contributed by atoms with Crippen molar-refractivity contribution in [1.82, 2.24) is 15.2 Å². The number of halogens is 2. The van der Waals surface area contributed by atoms with Crippen molar-refractivity contribution in [2.45, 2.75) is 50.4 Å². The van der Waals surface area contributed by atoms with E-state index in [1.807, 2.05) is 0 Å². The van der Waals surface area contributed by atoms with Crippen LogP contribution in [0.1, 0.15) is 48.0 Å². The third-order valence-corrected chi connectivity index (χ3v) is 5.74. The Labute approximate surface area is 173 Å². The van der Waals surface area contributed by atoms with Gasteiger partial charge < -0.3 is 10.1 Å². The van der Waals surface area contributed by atoms with Gasteiger partial charge in [0.1, 0.15) is 23.4 Å². The molecule has 1 aromatic carbocycles. The van der Waals surface area contributed by atoms with Crippen molar-refractivity contribution < 1.29 is 23.1 Å². The van der Waals surface area contributed by atoms with Gasteiger partial charge in [-0.3, -0.25) is 19.5 Å². The second-order valence-corrected chi connectivity index (χ2v) is 7.74. The lowest BCUT2D eigenvalue weighted by molar-refractivity contribution is -0.127. The fourth-order valence-electron chi connectivity index (χ4n) is 4.30. The Kier molecular flexibility index (Phi) is 5.76. The second kappa shape index (κ2) is 8.47. The average molecular weight is 415 g/mol. The Balaban J connectivity index is 1.60. The molecule has 2 fully saturated rings. The van der Waals surface area contributed by atoms with Crippen LogP contribution in [0.2, 0.25) is 0 Å². The SMILES string of the molecule is O=C(NCc1ccncc1)[C@@H]1COC2(CCCCC2)N1C(=O)c1cc(F)cc(F)c1. The molecule has 0 radical (unpaired) electrons. The zero-order valence-electron chi connectivity index (χ0n) is 16.4. The molecule has 2 amide bonds.